The molecular weight excluding hydrogens is 308 g/mol. The molecule has 1 aromatic carbocycles. The van der Waals surface area contributed by atoms with Crippen LogP contribution in [0.2, 0.25) is 0 Å². The third-order valence-electron chi connectivity index (χ3n) is 3.75. The summed E-state index contributed by atoms with van der Waals surface area (Å²) in [6.07, 6.45) is 2.30. The van der Waals surface area contributed by atoms with Gasteiger partial charge in [0.1, 0.15) is 12.6 Å². The lowest BCUT2D eigenvalue weighted by atomic mass is 10.2. The van der Waals surface area contributed by atoms with Crippen LogP contribution in [0.4, 0.5) is 0 Å². The van der Waals surface area contributed by atoms with Crippen molar-refractivity contribution in [1.29, 1.82) is 0 Å². The van der Waals surface area contributed by atoms with E-state index in [1.54, 1.807) is 29.8 Å². The standard InChI is InChI=1S/C17H18N4O3/c1-3-15-19-17(24-20-15)11(2)18-16(23)10-21-9-8-14(22)12-6-4-5-7-13(12)21/h4-9,11H,3,10H2,1-2H3,(H,18,23). The second kappa shape index (κ2) is 6.66. The molecule has 0 fully saturated rings. The summed E-state index contributed by atoms with van der Waals surface area (Å²) in [5, 5.41) is 7.24. The van der Waals surface area contributed by atoms with Crippen LogP contribution in [-0.2, 0) is 17.8 Å². The van der Waals surface area contributed by atoms with Crippen molar-refractivity contribution in [3.05, 3.63) is 58.5 Å². The van der Waals surface area contributed by atoms with Gasteiger partial charge >= 0.3 is 0 Å². The second-order valence-corrected chi connectivity index (χ2v) is 5.52. The molecule has 1 unspecified atom stereocenters. The van der Waals surface area contributed by atoms with Crippen molar-refractivity contribution in [2.75, 3.05) is 0 Å². The van der Waals surface area contributed by atoms with E-state index in [0.29, 0.717) is 23.5 Å². The SMILES string of the molecule is CCc1noc(C(C)NC(=O)Cn2ccc(=O)c3ccccc32)n1. The van der Waals surface area contributed by atoms with Gasteiger partial charge < -0.3 is 14.4 Å². The van der Waals surface area contributed by atoms with E-state index in [1.807, 2.05) is 19.1 Å². The van der Waals surface area contributed by atoms with Gasteiger partial charge in [-0.1, -0.05) is 24.2 Å². The Balaban J connectivity index is 1.75. The number of amides is 1. The van der Waals surface area contributed by atoms with E-state index in [2.05, 4.69) is 15.5 Å². The van der Waals surface area contributed by atoms with E-state index in [9.17, 15) is 9.59 Å². The predicted octanol–water partition coefficient (Wildman–Crippen LogP) is 1.82. The number of pyridine rings is 1. The van der Waals surface area contributed by atoms with Crippen LogP contribution in [0.3, 0.4) is 0 Å². The van der Waals surface area contributed by atoms with Crippen LogP contribution in [0.1, 0.15) is 31.6 Å². The van der Waals surface area contributed by atoms with Crippen molar-refractivity contribution < 1.29 is 9.32 Å². The van der Waals surface area contributed by atoms with Crippen LogP contribution in [0.25, 0.3) is 10.9 Å². The van der Waals surface area contributed by atoms with Crippen LogP contribution in [0.5, 0.6) is 0 Å². The smallest absolute Gasteiger partial charge is 0.248 e. The monoisotopic (exact) mass is 326 g/mol. The lowest BCUT2D eigenvalue weighted by Gasteiger charge is -2.13. The molecule has 1 N–H and O–H groups in total. The molecule has 0 radical (unpaired) electrons. The van der Waals surface area contributed by atoms with Crippen molar-refractivity contribution in [2.24, 2.45) is 0 Å². The highest BCUT2D eigenvalue weighted by Crippen LogP contribution is 2.11. The summed E-state index contributed by atoms with van der Waals surface area (Å²) in [4.78, 5) is 28.4. The van der Waals surface area contributed by atoms with E-state index in [-0.39, 0.29) is 23.9 Å². The van der Waals surface area contributed by atoms with Crippen molar-refractivity contribution in [3.8, 4) is 0 Å². The average Bonchev–Trinajstić information content (AvgIpc) is 3.07. The fourth-order valence-corrected chi connectivity index (χ4v) is 2.49. The van der Waals surface area contributed by atoms with Gasteiger partial charge in [-0.3, -0.25) is 9.59 Å². The largest absolute Gasteiger partial charge is 0.343 e. The molecule has 3 rings (SSSR count). The van der Waals surface area contributed by atoms with Crippen LogP contribution in [-0.4, -0.2) is 20.6 Å². The Morgan fingerprint density at radius 3 is 2.88 bits per heavy atom. The minimum atomic E-state index is -0.379. The van der Waals surface area contributed by atoms with E-state index in [0.717, 1.165) is 5.52 Å². The van der Waals surface area contributed by atoms with Gasteiger partial charge in [-0.2, -0.15) is 4.98 Å². The van der Waals surface area contributed by atoms with Gasteiger partial charge in [0.2, 0.25) is 11.8 Å². The van der Waals surface area contributed by atoms with E-state index < -0.39 is 0 Å². The maximum atomic E-state index is 12.3. The number of aryl methyl sites for hydroxylation is 1. The summed E-state index contributed by atoms with van der Waals surface area (Å²) in [5.41, 5.74) is 0.660. The van der Waals surface area contributed by atoms with Gasteiger partial charge in [0.25, 0.3) is 0 Å². The van der Waals surface area contributed by atoms with Crippen LogP contribution in [0.15, 0.2) is 45.8 Å². The number of aromatic nitrogens is 3. The molecule has 0 aliphatic rings. The minimum absolute atomic E-state index is 0.0615. The summed E-state index contributed by atoms with van der Waals surface area (Å²) in [6, 6.07) is 8.29. The van der Waals surface area contributed by atoms with Crippen molar-refractivity contribution in [3.63, 3.8) is 0 Å². The number of nitrogens with one attached hydrogen (secondary N) is 1. The summed E-state index contributed by atoms with van der Waals surface area (Å²) < 4.78 is 6.87. The highest BCUT2D eigenvalue weighted by molar-refractivity contribution is 5.82. The molecule has 2 aromatic heterocycles. The topological polar surface area (TPSA) is 90.0 Å². The number of hydrogen-bond acceptors (Lipinski definition) is 5. The Morgan fingerprint density at radius 1 is 1.33 bits per heavy atom. The molecule has 1 amide bonds. The predicted molar refractivity (Wildman–Crippen MR) is 88.4 cm³/mol. The highest BCUT2D eigenvalue weighted by atomic mass is 16.5. The van der Waals surface area contributed by atoms with Gasteiger partial charge in [0.05, 0.1) is 5.52 Å². The molecular formula is C17H18N4O3. The van der Waals surface area contributed by atoms with E-state index in [4.69, 9.17) is 4.52 Å². The maximum absolute atomic E-state index is 12.3. The average molecular weight is 326 g/mol. The molecule has 0 saturated heterocycles. The number of fused-ring (bicyclic) bond motifs is 1. The fourth-order valence-electron chi connectivity index (χ4n) is 2.49. The first kappa shape index (κ1) is 15.9. The second-order valence-electron chi connectivity index (χ2n) is 5.52. The number of nitrogens with zero attached hydrogens (tertiary/aromatic N) is 3. The summed E-state index contributed by atoms with van der Waals surface area (Å²) in [5.74, 6) is 0.787. The first-order valence-electron chi connectivity index (χ1n) is 7.78. The Hall–Kier alpha value is -2.96. The van der Waals surface area contributed by atoms with Gasteiger partial charge in [0, 0.05) is 24.1 Å². The quantitative estimate of drug-likeness (QED) is 0.772. The molecule has 124 valence electrons. The molecule has 0 aliphatic carbocycles. The minimum Gasteiger partial charge on any atom is -0.343 e. The fraction of sp³-hybridized carbons (Fsp3) is 0.294. The van der Waals surface area contributed by atoms with Gasteiger partial charge in [0.15, 0.2) is 11.3 Å². The summed E-state index contributed by atoms with van der Waals surface area (Å²) >= 11 is 0. The number of para-hydroxylation sites is 1. The summed E-state index contributed by atoms with van der Waals surface area (Å²) in [6.45, 7) is 3.81. The lowest BCUT2D eigenvalue weighted by Crippen LogP contribution is -2.30. The molecule has 0 spiro atoms. The summed E-state index contributed by atoms with van der Waals surface area (Å²) in [7, 11) is 0. The maximum Gasteiger partial charge on any atom is 0.248 e. The number of hydrogen-bond donors (Lipinski definition) is 1. The third kappa shape index (κ3) is 3.19. The molecule has 3 aromatic rings. The van der Waals surface area contributed by atoms with Crippen LogP contribution < -0.4 is 10.7 Å². The normalized spacial score (nSPS) is 12.2. The van der Waals surface area contributed by atoms with Crippen LogP contribution in [0, 0.1) is 0 Å². The Bertz CT molecular complexity index is 929. The van der Waals surface area contributed by atoms with Crippen molar-refractivity contribution >= 4 is 16.8 Å². The van der Waals surface area contributed by atoms with E-state index >= 15 is 0 Å². The zero-order chi connectivity index (χ0) is 17.1. The van der Waals surface area contributed by atoms with E-state index in [1.165, 1.54) is 6.07 Å². The number of rotatable bonds is 5. The number of benzene rings is 1. The molecule has 0 bridgehead atoms. The first-order chi connectivity index (χ1) is 11.6. The Morgan fingerprint density at radius 2 is 2.12 bits per heavy atom. The van der Waals surface area contributed by atoms with Gasteiger partial charge in [-0.05, 0) is 19.1 Å². The number of carbonyl (C=O) groups is 1. The Kier molecular flexibility index (Phi) is 4.41. The third-order valence-corrected chi connectivity index (χ3v) is 3.75. The zero-order valence-corrected chi connectivity index (χ0v) is 13.5. The molecule has 2 heterocycles. The number of carbonyl (C=O) groups excluding carboxylic acids is 1. The molecule has 1 atom stereocenters. The molecule has 7 nitrogen and oxygen atoms in total. The van der Waals surface area contributed by atoms with Crippen LogP contribution >= 0.6 is 0 Å². The molecule has 0 aliphatic heterocycles. The lowest BCUT2D eigenvalue weighted by molar-refractivity contribution is -0.122. The molecule has 7 heteroatoms. The molecule has 24 heavy (non-hydrogen) atoms. The Labute approximate surface area is 138 Å². The van der Waals surface area contributed by atoms with Crippen molar-refractivity contribution in [2.45, 2.75) is 32.9 Å². The zero-order valence-electron chi connectivity index (χ0n) is 13.5. The highest BCUT2D eigenvalue weighted by Gasteiger charge is 2.16. The van der Waals surface area contributed by atoms with Crippen molar-refractivity contribution in [1.82, 2.24) is 20.0 Å². The first-order valence-corrected chi connectivity index (χ1v) is 7.78. The molecule has 0 saturated carbocycles. The van der Waals surface area contributed by atoms with Gasteiger partial charge in [-0.25, -0.2) is 0 Å². The van der Waals surface area contributed by atoms with Gasteiger partial charge in [-0.15, -0.1) is 0 Å².